The van der Waals surface area contributed by atoms with Gasteiger partial charge < -0.3 is 4.74 Å². The molecule has 0 spiro atoms. The van der Waals surface area contributed by atoms with Gasteiger partial charge in [0.1, 0.15) is 0 Å². The molecular weight excluding hydrogens is 204 g/mol. The summed E-state index contributed by atoms with van der Waals surface area (Å²) in [5.74, 6) is 5.35. The summed E-state index contributed by atoms with van der Waals surface area (Å²) in [5, 5.41) is 4.75. The Morgan fingerprint density at radius 3 is 3.07 bits per heavy atom. The van der Waals surface area contributed by atoms with E-state index in [1.54, 1.807) is 18.0 Å². The summed E-state index contributed by atoms with van der Waals surface area (Å²) in [4.78, 5) is 0. The average Bonchev–Trinajstić information content (AvgIpc) is 2.55. The molecule has 0 aliphatic heterocycles. The molecule has 14 heavy (non-hydrogen) atoms. The lowest BCUT2D eigenvalue weighted by atomic mass is 10.2. The summed E-state index contributed by atoms with van der Waals surface area (Å²) in [6.45, 7) is 3.19. The predicted octanol–water partition coefficient (Wildman–Crippen LogP) is 0.707. The maximum Gasteiger partial charge on any atom is 0.0834 e. The number of hydrogen-bond donors (Lipinski definition) is 2. The van der Waals surface area contributed by atoms with Gasteiger partial charge in [0.15, 0.2) is 0 Å². The SMILES string of the molecule is COCCn1ncc(Cl)c1C(C)NN. The smallest absolute Gasteiger partial charge is 0.0834 e. The van der Waals surface area contributed by atoms with Gasteiger partial charge >= 0.3 is 0 Å². The predicted molar refractivity (Wildman–Crippen MR) is 54.9 cm³/mol. The summed E-state index contributed by atoms with van der Waals surface area (Å²) in [6.07, 6.45) is 1.61. The second-order valence-corrected chi connectivity index (χ2v) is 3.39. The Morgan fingerprint density at radius 2 is 2.50 bits per heavy atom. The Hall–Kier alpha value is -0.620. The van der Waals surface area contributed by atoms with Crippen LogP contribution in [0.3, 0.4) is 0 Å². The number of methoxy groups -OCH3 is 1. The quantitative estimate of drug-likeness (QED) is 0.564. The van der Waals surface area contributed by atoms with Crippen LogP contribution >= 0.6 is 11.6 Å². The minimum absolute atomic E-state index is 0.0261. The summed E-state index contributed by atoms with van der Waals surface area (Å²) < 4.78 is 6.76. The fraction of sp³-hybridized carbons (Fsp3) is 0.625. The maximum atomic E-state index is 5.98. The Bertz CT molecular complexity index is 289. The van der Waals surface area contributed by atoms with Crippen LogP contribution in [0.25, 0.3) is 0 Å². The molecule has 1 heterocycles. The molecule has 0 bridgehead atoms. The minimum atomic E-state index is -0.0261. The van der Waals surface area contributed by atoms with E-state index in [9.17, 15) is 0 Å². The van der Waals surface area contributed by atoms with Crippen molar-refractivity contribution in [2.45, 2.75) is 19.5 Å². The fourth-order valence-electron chi connectivity index (χ4n) is 1.24. The van der Waals surface area contributed by atoms with E-state index in [1.807, 2.05) is 6.92 Å². The van der Waals surface area contributed by atoms with Crippen LogP contribution in [0, 0.1) is 0 Å². The molecule has 3 N–H and O–H groups in total. The summed E-state index contributed by atoms with van der Waals surface area (Å²) >= 11 is 5.98. The summed E-state index contributed by atoms with van der Waals surface area (Å²) in [5.41, 5.74) is 3.52. The highest BCUT2D eigenvalue weighted by atomic mass is 35.5. The molecule has 1 unspecified atom stereocenters. The molecule has 1 aromatic rings. The van der Waals surface area contributed by atoms with Gasteiger partial charge in [-0.2, -0.15) is 5.10 Å². The van der Waals surface area contributed by atoms with Gasteiger partial charge in [0, 0.05) is 7.11 Å². The summed E-state index contributed by atoms with van der Waals surface area (Å²) in [6, 6.07) is -0.0261. The Morgan fingerprint density at radius 1 is 1.79 bits per heavy atom. The average molecular weight is 219 g/mol. The van der Waals surface area contributed by atoms with Crippen LogP contribution in [0.1, 0.15) is 18.7 Å². The number of rotatable bonds is 5. The minimum Gasteiger partial charge on any atom is -0.383 e. The summed E-state index contributed by atoms with van der Waals surface area (Å²) in [7, 11) is 1.65. The van der Waals surface area contributed by atoms with E-state index in [0.29, 0.717) is 18.2 Å². The van der Waals surface area contributed by atoms with Crippen molar-refractivity contribution in [3.63, 3.8) is 0 Å². The number of nitrogens with one attached hydrogen (secondary N) is 1. The second-order valence-electron chi connectivity index (χ2n) is 2.98. The molecular formula is C8H15ClN4O. The number of nitrogens with two attached hydrogens (primary N) is 1. The highest BCUT2D eigenvalue weighted by molar-refractivity contribution is 6.31. The first-order valence-electron chi connectivity index (χ1n) is 4.37. The molecule has 0 fully saturated rings. The van der Waals surface area contributed by atoms with E-state index >= 15 is 0 Å². The lowest BCUT2D eigenvalue weighted by Gasteiger charge is -2.13. The van der Waals surface area contributed by atoms with Crippen LogP contribution in [0.4, 0.5) is 0 Å². The first kappa shape index (κ1) is 11.5. The largest absolute Gasteiger partial charge is 0.383 e. The zero-order valence-electron chi connectivity index (χ0n) is 8.33. The number of aromatic nitrogens is 2. The molecule has 0 radical (unpaired) electrons. The van der Waals surface area contributed by atoms with Crippen molar-refractivity contribution in [2.75, 3.05) is 13.7 Å². The van der Waals surface area contributed by atoms with Crippen molar-refractivity contribution in [3.05, 3.63) is 16.9 Å². The van der Waals surface area contributed by atoms with Crippen LogP contribution in [0.15, 0.2) is 6.20 Å². The van der Waals surface area contributed by atoms with E-state index in [1.165, 1.54) is 0 Å². The second kappa shape index (κ2) is 5.31. The third-order valence-electron chi connectivity index (χ3n) is 2.00. The lowest BCUT2D eigenvalue weighted by Crippen LogP contribution is -2.28. The molecule has 0 aliphatic carbocycles. The standard InChI is InChI=1S/C8H15ClN4O/c1-6(12-10)8-7(9)5-11-13(8)3-4-14-2/h5-6,12H,3-4,10H2,1-2H3. The van der Waals surface area contributed by atoms with Crippen LogP contribution in [0.5, 0.6) is 0 Å². The topological polar surface area (TPSA) is 65.1 Å². The molecule has 1 aromatic heterocycles. The fourth-order valence-corrected chi connectivity index (χ4v) is 1.54. The Kier molecular flexibility index (Phi) is 4.34. The first-order valence-corrected chi connectivity index (χ1v) is 4.74. The number of halogens is 1. The molecule has 0 saturated carbocycles. The van der Waals surface area contributed by atoms with Gasteiger partial charge in [-0.1, -0.05) is 11.6 Å². The number of hydrazine groups is 1. The van der Waals surface area contributed by atoms with Crippen molar-refractivity contribution in [1.29, 1.82) is 0 Å². The zero-order valence-corrected chi connectivity index (χ0v) is 9.08. The van der Waals surface area contributed by atoms with Crippen molar-refractivity contribution >= 4 is 11.6 Å². The third-order valence-corrected chi connectivity index (χ3v) is 2.29. The van der Waals surface area contributed by atoms with Crippen LogP contribution in [-0.2, 0) is 11.3 Å². The maximum absolute atomic E-state index is 5.98. The third kappa shape index (κ3) is 2.45. The van der Waals surface area contributed by atoms with Gasteiger partial charge in [-0.15, -0.1) is 0 Å². The monoisotopic (exact) mass is 218 g/mol. The zero-order chi connectivity index (χ0) is 10.6. The van der Waals surface area contributed by atoms with Crippen molar-refractivity contribution < 1.29 is 4.74 Å². The molecule has 1 rings (SSSR count). The number of nitrogens with zero attached hydrogens (tertiary/aromatic N) is 2. The number of ether oxygens (including phenoxy) is 1. The van der Waals surface area contributed by atoms with E-state index in [4.69, 9.17) is 22.2 Å². The Labute approximate surface area is 88.1 Å². The molecule has 1 atom stereocenters. The molecule has 0 aromatic carbocycles. The normalized spacial score (nSPS) is 13.1. The van der Waals surface area contributed by atoms with Crippen molar-refractivity contribution in [3.8, 4) is 0 Å². The van der Waals surface area contributed by atoms with Gasteiger partial charge in [0.05, 0.1) is 36.1 Å². The van der Waals surface area contributed by atoms with E-state index in [-0.39, 0.29) is 6.04 Å². The molecule has 0 amide bonds. The highest BCUT2D eigenvalue weighted by Gasteiger charge is 2.14. The van der Waals surface area contributed by atoms with Crippen LogP contribution in [-0.4, -0.2) is 23.5 Å². The number of hydrogen-bond acceptors (Lipinski definition) is 4. The molecule has 0 aliphatic rings. The first-order chi connectivity index (χ1) is 6.70. The lowest BCUT2D eigenvalue weighted by molar-refractivity contribution is 0.182. The van der Waals surface area contributed by atoms with Gasteiger partial charge in [-0.25, -0.2) is 0 Å². The van der Waals surface area contributed by atoms with Gasteiger partial charge in [-0.3, -0.25) is 16.0 Å². The Balaban J connectivity index is 2.82. The van der Waals surface area contributed by atoms with E-state index in [0.717, 1.165) is 5.69 Å². The van der Waals surface area contributed by atoms with E-state index in [2.05, 4.69) is 10.5 Å². The molecule has 0 saturated heterocycles. The van der Waals surface area contributed by atoms with E-state index < -0.39 is 0 Å². The van der Waals surface area contributed by atoms with Gasteiger partial charge in [0.2, 0.25) is 0 Å². The van der Waals surface area contributed by atoms with Gasteiger partial charge in [-0.05, 0) is 6.92 Å². The molecule has 6 heteroatoms. The van der Waals surface area contributed by atoms with Gasteiger partial charge in [0.25, 0.3) is 0 Å². The molecule has 5 nitrogen and oxygen atoms in total. The van der Waals surface area contributed by atoms with Crippen LogP contribution in [0.2, 0.25) is 5.02 Å². The van der Waals surface area contributed by atoms with Crippen molar-refractivity contribution in [2.24, 2.45) is 5.84 Å². The van der Waals surface area contributed by atoms with Crippen LogP contribution < -0.4 is 11.3 Å². The highest BCUT2D eigenvalue weighted by Crippen LogP contribution is 2.21. The molecule has 80 valence electrons. The van der Waals surface area contributed by atoms with Crippen molar-refractivity contribution in [1.82, 2.24) is 15.2 Å².